The van der Waals surface area contributed by atoms with E-state index < -0.39 is 15.8 Å². The summed E-state index contributed by atoms with van der Waals surface area (Å²) in [4.78, 5) is 7.03. The predicted molar refractivity (Wildman–Crippen MR) is 106 cm³/mol. The van der Waals surface area contributed by atoms with Crippen LogP contribution in [0.3, 0.4) is 0 Å². The number of nitrogens with zero attached hydrogens (tertiary/aromatic N) is 3. The predicted octanol–water partition coefficient (Wildman–Crippen LogP) is 3.56. The van der Waals surface area contributed by atoms with Crippen LogP contribution < -0.4 is 4.90 Å². The van der Waals surface area contributed by atoms with Gasteiger partial charge >= 0.3 is 0 Å². The molecule has 0 atom stereocenters. The fourth-order valence-electron chi connectivity index (χ4n) is 3.37. The van der Waals surface area contributed by atoms with E-state index in [0.717, 1.165) is 20.9 Å². The second-order valence-corrected chi connectivity index (χ2v) is 9.72. The van der Waals surface area contributed by atoms with Crippen molar-refractivity contribution in [1.82, 2.24) is 9.29 Å². The van der Waals surface area contributed by atoms with Gasteiger partial charge in [-0.3, -0.25) is 0 Å². The van der Waals surface area contributed by atoms with Gasteiger partial charge in [-0.25, -0.2) is 17.8 Å². The van der Waals surface area contributed by atoms with Crippen LogP contribution >= 0.6 is 11.3 Å². The summed E-state index contributed by atoms with van der Waals surface area (Å²) in [7, 11) is -3.60. The zero-order valence-electron chi connectivity index (χ0n) is 15.1. The van der Waals surface area contributed by atoms with Crippen LogP contribution in [0, 0.1) is 19.7 Å². The summed E-state index contributed by atoms with van der Waals surface area (Å²) in [5.74, 6) is -0.444. The normalized spacial score (nSPS) is 16.2. The van der Waals surface area contributed by atoms with Gasteiger partial charge in [0.25, 0.3) is 0 Å². The molecule has 0 radical (unpaired) electrons. The van der Waals surface area contributed by atoms with Crippen LogP contribution in [0.5, 0.6) is 0 Å². The number of benzene rings is 2. The molecule has 0 N–H and O–H groups in total. The minimum Gasteiger partial charge on any atom is -0.345 e. The van der Waals surface area contributed by atoms with E-state index in [0.29, 0.717) is 26.2 Å². The Bertz CT molecular complexity index is 1090. The van der Waals surface area contributed by atoms with Crippen LogP contribution in [0.4, 0.5) is 9.52 Å². The molecule has 27 heavy (non-hydrogen) atoms. The van der Waals surface area contributed by atoms with Crippen LogP contribution in [0.1, 0.15) is 11.1 Å². The quantitative estimate of drug-likeness (QED) is 0.669. The number of hydrogen-bond donors (Lipinski definition) is 0. The van der Waals surface area contributed by atoms with Crippen molar-refractivity contribution in [2.24, 2.45) is 0 Å². The summed E-state index contributed by atoms with van der Waals surface area (Å²) in [6.07, 6.45) is 0. The number of sulfonamides is 1. The molecule has 0 saturated carbocycles. The highest BCUT2D eigenvalue weighted by molar-refractivity contribution is 7.89. The fourth-order valence-corrected chi connectivity index (χ4v) is 5.99. The molecular weight excluding hydrogens is 385 g/mol. The Morgan fingerprint density at radius 1 is 1.04 bits per heavy atom. The average Bonchev–Trinajstić information content (AvgIpc) is 3.06. The Morgan fingerprint density at radius 2 is 1.70 bits per heavy atom. The third-order valence-corrected chi connectivity index (χ3v) is 7.76. The highest BCUT2D eigenvalue weighted by atomic mass is 32.2. The van der Waals surface area contributed by atoms with Crippen molar-refractivity contribution in [2.45, 2.75) is 18.7 Å². The van der Waals surface area contributed by atoms with E-state index in [9.17, 15) is 12.8 Å². The maximum absolute atomic E-state index is 13.1. The van der Waals surface area contributed by atoms with Gasteiger partial charge in [-0.1, -0.05) is 17.4 Å². The highest BCUT2D eigenvalue weighted by Crippen LogP contribution is 2.32. The number of hydrogen-bond acceptors (Lipinski definition) is 5. The molecule has 1 saturated heterocycles. The largest absolute Gasteiger partial charge is 0.345 e. The van der Waals surface area contributed by atoms with E-state index in [-0.39, 0.29) is 4.90 Å². The summed E-state index contributed by atoms with van der Waals surface area (Å²) in [6, 6.07) is 9.24. The Hall–Kier alpha value is -2.03. The number of anilines is 1. The molecule has 5 nitrogen and oxygen atoms in total. The van der Waals surface area contributed by atoms with E-state index in [2.05, 4.69) is 30.9 Å². The lowest BCUT2D eigenvalue weighted by Crippen LogP contribution is -2.48. The lowest BCUT2D eigenvalue weighted by Gasteiger charge is -2.33. The van der Waals surface area contributed by atoms with Gasteiger partial charge in [0, 0.05) is 26.2 Å². The number of aryl methyl sites for hydroxylation is 2. The first-order valence-corrected chi connectivity index (χ1v) is 11.0. The van der Waals surface area contributed by atoms with Gasteiger partial charge in [0.2, 0.25) is 10.0 Å². The van der Waals surface area contributed by atoms with Crippen LogP contribution in [0.15, 0.2) is 41.3 Å². The summed E-state index contributed by atoms with van der Waals surface area (Å²) in [6.45, 7) is 6.06. The highest BCUT2D eigenvalue weighted by Gasteiger charge is 2.29. The number of thiazole rings is 1. The van der Waals surface area contributed by atoms with Gasteiger partial charge in [-0.05, 0) is 55.3 Å². The SMILES string of the molecule is Cc1cc(C)c2nc(N3CCN(S(=O)(=O)c4ccc(F)cc4)CC3)sc2c1. The van der Waals surface area contributed by atoms with Crippen LogP contribution in [-0.2, 0) is 10.0 Å². The molecule has 2 heterocycles. The molecule has 1 aliphatic rings. The molecule has 8 heteroatoms. The summed E-state index contributed by atoms with van der Waals surface area (Å²) in [5.41, 5.74) is 3.39. The van der Waals surface area contributed by atoms with Gasteiger partial charge in [0.1, 0.15) is 5.82 Å². The first-order valence-electron chi connectivity index (χ1n) is 8.73. The number of fused-ring (bicyclic) bond motifs is 1. The monoisotopic (exact) mass is 405 g/mol. The lowest BCUT2D eigenvalue weighted by atomic mass is 10.1. The van der Waals surface area contributed by atoms with Gasteiger partial charge in [0.15, 0.2) is 5.13 Å². The van der Waals surface area contributed by atoms with E-state index in [4.69, 9.17) is 4.98 Å². The zero-order chi connectivity index (χ0) is 19.2. The summed E-state index contributed by atoms with van der Waals surface area (Å²) >= 11 is 1.64. The van der Waals surface area contributed by atoms with Gasteiger partial charge in [-0.15, -0.1) is 0 Å². The standard InChI is InChI=1S/C19H20FN3O2S2/c1-13-11-14(2)18-17(12-13)26-19(21-18)22-7-9-23(10-8-22)27(24,25)16-5-3-15(20)4-6-16/h3-6,11-12H,7-10H2,1-2H3. The van der Waals surface area contributed by atoms with Crippen molar-refractivity contribution in [3.8, 4) is 0 Å². The van der Waals surface area contributed by atoms with Gasteiger partial charge in [0.05, 0.1) is 15.1 Å². The third-order valence-electron chi connectivity index (χ3n) is 4.78. The molecule has 142 valence electrons. The van der Waals surface area contributed by atoms with Crippen molar-refractivity contribution in [2.75, 3.05) is 31.1 Å². The molecule has 1 aromatic heterocycles. The third kappa shape index (κ3) is 3.44. The average molecular weight is 406 g/mol. The lowest BCUT2D eigenvalue weighted by molar-refractivity contribution is 0.385. The van der Waals surface area contributed by atoms with Crippen LogP contribution in [-0.4, -0.2) is 43.9 Å². The molecule has 3 aromatic rings. The topological polar surface area (TPSA) is 53.5 Å². The zero-order valence-corrected chi connectivity index (χ0v) is 16.8. The molecule has 1 aliphatic heterocycles. The van der Waals surface area contributed by atoms with E-state index in [1.807, 2.05) is 0 Å². The van der Waals surface area contributed by atoms with Crippen molar-refractivity contribution in [1.29, 1.82) is 0 Å². The molecule has 0 amide bonds. The van der Waals surface area contributed by atoms with Crippen molar-refractivity contribution >= 4 is 36.7 Å². The Kier molecular flexibility index (Phi) is 4.65. The smallest absolute Gasteiger partial charge is 0.243 e. The molecular formula is C19H20FN3O2S2. The summed E-state index contributed by atoms with van der Waals surface area (Å²) in [5, 5.41) is 0.928. The Labute approximate surface area is 162 Å². The van der Waals surface area contributed by atoms with Gasteiger partial charge < -0.3 is 4.90 Å². The van der Waals surface area contributed by atoms with Crippen LogP contribution in [0.2, 0.25) is 0 Å². The van der Waals surface area contributed by atoms with E-state index >= 15 is 0 Å². The number of piperazine rings is 1. The number of rotatable bonds is 3. The second-order valence-electron chi connectivity index (χ2n) is 6.77. The maximum atomic E-state index is 13.1. The number of aromatic nitrogens is 1. The van der Waals surface area contributed by atoms with Crippen molar-refractivity contribution in [3.05, 3.63) is 53.3 Å². The van der Waals surface area contributed by atoms with Crippen molar-refractivity contribution < 1.29 is 12.8 Å². The molecule has 0 unspecified atom stereocenters. The second kappa shape index (κ2) is 6.85. The first kappa shape index (κ1) is 18.3. The number of halogens is 1. The minimum absolute atomic E-state index is 0.128. The molecule has 1 fully saturated rings. The molecule has 0 spiro atoms. The van der Waals surface area contributed by atoms with E-state index in [1.165, 1.54) is 34.1 Å². The molecule has 4 rings (SSSR count). The Morgan fingerprint density at radius 3 is 2.37 bits per heavy atom. The van der Waals surface area contributed by atoms with Crippen LogP contribution in [0.25, 0.3) is 10.2 Å². The summed E-state index contributed by atoms with van der Waals surface area (Å²) < 4.78 is 41.2. The Balaban J connectivity index is 1.52. The maximum Gasteiger partial charge on any atom is 0.243 e. The van der Waals surface area contributed by atoms with Crippen molar-refractivity contribution in [3.63, 3.8) is 0 Å². The van der Waals surface area contributed by atoms with Gasteiger partial charge in [-0.2, -0.15) is 4.31 Å². The minimum atomic E-state index is -3.60. The first-order chi connectivity index (χ1) is 12.8. The fraction of sp³-hybridized carbons (Fsp3) is 0.316. The molecule has 0 aliphatic carbocycles. The molecule has 2 aromatic carbocycles. The molecule has 0 bridgehead atoms. The van der Waals surface area contributed by atoms with E-state index in [1.54, 1.807) is 11.3 Å².